The monoisotopic (exact) mass is 275 g/mol. The van der Waals surface area contributed by atoms with Crippen LogP contribution in [-0.2, 0) is 0 Å². The summed E-state index contributed by atoms with van der Waals surface area (Å²) in [4.78, 5) is 0. The van der Waals surface area contributed by atoms with E-state index in [0.29, 0.717) is 6.04 Å². The number of nitrogens with one attached hydrogen (secondary N) is 1. The third-order valence-corrected chi connectivity index (χ3v) is 4.50. The molecule has 1 fully saturated rings. The van der Waals surface area contributed by atoms with Crippen molar-refractivity contribution < 1.29 is 4.74 Å². The Morgan fingerprint density at radius 2 is 1.80 bits per heavy atom. The molecule has 2 rings (SSSR count). The molecule has 0 saturated heterocycles. The molecule has 1 N–H and O–H groups in total. The van der Waals surface area contributed by atoms with Crippen LogP contribution in [0.4, 0.5) is 0 Å². The van der Waals surface area contributed by atoms with E-state index in [9.17, 15) is 0 Å². The van der Waals surface area contributed by atoms with Gasteiger partial charge in [-0.2, -0.15) is 0 Å². The summed E-state index contributed by atoms with van der Waals surface area (Å²) in [7, 11) is 0. The van der Waals surface area contributed by atoms with Gasteiger partial charge in [0.2, 0.25) is 0 Å². The average Bonchev–Trinajstić information content (AvgIpc) is 2.46. The Kier molecular flexibility index (Phi) is 5.90. The first-order valence-electron chi connectivity index (χ1n) is 8.14. The van der Waals surface area contributed by atoms with Gasteiger partial charge in [0.15, 0.2) is 0 Å². The van der Waals surface area contributed by atoms with Crippen LogP contribution in [0.1, 0.15) is 50.2 Å². The second-order valence-corrected chi connectivity index (χ2v) is 6.09. The van der Waals surface area contributed by atoms with Crippen LogP contribution in [-0.4, -0.2) is 19.2 Å². The van der Waals surface area contributed by atoms with Crippen LogP contribution in [0.25, 0.3) is 0 Å². The predicted octanol–water partition coefficient (Wildman–Crippen LogP) is 4.24. The molecular formula is C18H29NO. The van der Waals surface area contributed by atoms with Gasteiger partial charge in [-0.05, 0) is 50.3 Å². The van der Waals surface area contributed by atoms with E-state index in [0.717, 1.165) is 24.8 Å². The second-order valence-electron chi connectivity index (χ2n) is 6.09. The number of hydrogen-bond acceptors (Lipinski definition) is 2. The van der Waals surface area contributed by atoms with Crippen LogP contribution in [0.2, 0.25) is 0 Å². The van der Waals surface area contributed by atoms with Crippen molar-refractivity contribution in [3.8, 4) is 5.75 Å². The number of hydrogen-bond donors (Lipinski definition) is 1. The fraction of sp³-hybridized carbons (Fsp3) is 0.667. The van der Waals surface area contributed by atoms with Crippen LogP contribution in [0.5, 0.6) is 5.75 Å². The van der Waals surface area contributed by atoms with E-state index < -0.39 is 0 Å². The fourth-order valence-electron chi connectivity index (χ4n) is 3.36. The van der Waals surface area contributed by atoms with E-state index in [2.05, 4.69) is 44.3 Å². The molecule has 0 radical (unpaired) electrons. The molecule has 0 spiro atoms. The Balaban J connectivity index is 1.97. The van der Waals surface area contributed by atoms with Crippen molar-refractivity contribution in [2.45, 2.75) is 58.9 Å². The van der Waals surface area contributed by atoms with Crippen molar-refractivity contribution in [2.75, 3.05) is 13.2 Å². The number of rotatable bonds is 6. The zero-order valence-corrected chi connectivity index (χ0v) is 13.2. The molecule has 2 heteroatoms. The minimum absolute atomic E-state index is 0.499. The normalized spacial score (nSPS) is 17.9. The smallest absolute Gasteiger partial charge is 0.125 e. The molecule has 1 aliphatic carbocycles. The summed E-state index contributed by atoms with van der Waals surface area (Å²) in [6.45, 7) is 8.27. The molecule has 0 bridgehead atoms. The maximum absolute atomic E-state index is 6.17. The number of ether oxygens (including phenoxy) is 1. The maximum Gasteiger partial charge on any atom is 0.125 e. The zero-order valence-electron chi connectivity index (χ0n) is 13.2. The molecule has 1 aromatic rings. The van der Waals surface area contributed by atoms with E-state index in [4.69, 9.17) is 4.74 Å². The van der Waals surface area contributed by atoms with Crippen molar-refractivity contribution in [3.05, 3.63) is 29.3 Å². The summed E-state index contributed by atoms with van der Waals surface area (Å²) in [5.41, 5.74) is 2.48. The summed E-state index contributed by atoms with van der Waals surface area (Å²) in [6.07, 6.45) is 6.89. The van der Waals surface area contributed by atoms with Gasteiger partial charge >= 0.3 is 0 Å². The van der Waals surface area contributed by atoms with Crippen molar-refractivity contribution >= 4 is 0 Å². The number of aryl methyl sites for hydroxylation is 2. The minimum Gasteiger partial charge on any atom is -0.491 e. The molecule has 0 aromatic heterocycles. The Labute approximate surface area is 123 Å². The van der Waals surface area contributed by atoms with E-state index >= 15 is 0 Å². The zero-order chi connectivity index (χ0) is 14.4. The first kappa shape index (κ1) is 15.4. The highest BCUT2D eigenvalue weighted by atomic mass is 16.5. The predicted molar refractivity (Wildman–Crippen MR) is 85.5 cm³/mol. The van der Waals surface area contributed by atoms with Crippen LogP contribution in [0, 0.1) is 19.8 Å². The van der Waals surface area contributed by atoms with Gasteiger partial charge in [-0.3, -0.25) is 0 Å². The molecule has 1 aromatic carbocycles. The molecule has 0 aliphatic heterocycles. The molecule has 1 aliphatic rings. The summed E-state index contributed by atoms with van der Waals surface area (Å²) in [5, 5.41) is 3.64. The number of para-hydroxylation sites is 1. The minimum atomic E-state index is 0.499. The standard InChI is InChI=1S/C18H29NO/c1-4-19-17(16-11-6-5-7-12-16)13-20-18-14(2)9-8-10-15(18)3/h8-10,16-17,19H,4-7,11-13H2,1-3H3. The highest BCUT2D eigenvalue weighted by Gasteiger charge is 2.23. The second kappa shape index (κ2) is 7.68. The highest BCUT2D eigenvalue weighted by molar-refractivity contribution is 5.39. The first-order chi connectivity index (χ1) is 9.72. The van der Waals surface area contributed by atoms with Crippen LogP contribution >= 0.6 is 0 Å². The van der Waals surface area contributed by atoms with Crippen LogP contribution in [0.15, 0.2) is 18.2 Å². The summed E-state index contributed by atoms with van der Waals surface area (Å²) < 4.78 is 6.17. The Hall–Kier alpha value is -1.02. The third-order valence-electron chi connectivity index (χ3n) is 4.50. The van der Waals surface area contributed by atoms with E-state index in [1.54, 1.807) is 0 Å². The quantitative estimate of drug-likeness (QED) is 0.838. The molecule has 1 atom stereocenters. The lowest BCUT2D eigenvalue weighted by molar-refractivity contribution is 0.186. The Bertz CT molecular complexity index is 390. The molecule has 20 heavy (non-hydrogen) atoms. The SMILES string of the molecule is CCNC(COc1c(C)cccc1C)C1CCCCC1. The maximum atomic E-state index is 6.17. The Morgan fingerprint density at radius 1 is 1.15 bits per heavy atom. The van der Waals surface area contributed by atoms with Crippen LogP contribution < -0.4 is 10.1 Å². The fourth-order valence-corrected chi connectivity index (χ4v) is 3.36. The van der Waals surface area contributed by atoms with Crippen molar-refractivity contribution in [2.24, 2.45) is 5.92 Å². The molecular weight excluding hydrogens is 246 g/mol. The van der Waals surface area contributed by atoms with Crippen molar-refractivity contribution in [1.29, 1.82) is 0 Å². The van der Waals surface area contributed by atoms with Crippen LogP contribution in [0.3, 0.4) is 0 Å². The summed E-state index contributed by atoms with van der Waals surface area (Å²) in [5.74, 6) is 1.86. The Morgan fingerprint density at radius 3 is 2.40 bits per heavy atom. The number of benzene rings is 1. The molecule has 1 saturated carbocycles. The molecule has 0 heterocycles. The summed E-state index contributed by atoms with van der Waals surface area (Å²) >= 11 is 0. The lowest BCUT2D eigenvalue weighted by Crippen LogP contribution is -2.41. The topological polar surface area (TPSA) is 21.3 Å². The first-order valence-corrected chi connectivity index (χ1v) is 8.14. The van der Waals surface area contributed by atoms with E-state index in [1.165, 1.54) is 43.2 Å². The molecule has 112 valence electrons. The van der Waals surface area contributed by atoms with Gasteiger partial charge < -0.3 is 10.1 Å². The average molecular weight is 275 g/mol. The van der Waals surface area contributed by atoms with Gasteiger partial charge in [0, 0.05) is 6.04 Å². The van der Waals surface area contributed by atoms with Gasteiger partial charge in [0.05, 0.1) is 0 Å². The van der Waals surface area contributed by atoms with Gasteiger partial charge in [-0.15, -0.1) is 0 Å². The van der Waals surface area contributed by atoms with Gasteiger partial charge in [-0.25, -0.2) is 0 Å². The third kappa shape index (κ3) is 3.99. The largest absolute Gasteiger partial charge is 0.491 e. The van der Waals surface area contributed by atoms with Gasteiger partial charge in [0.25, 0.3) is 0 Å². The van der Waals surface area contributed by atoms with E-state index in [1.807, 2.05) is 0 Å². The van der Waals surface area contributed by atoms with Crippen molar-refractivity contribution in [3.63, 3.8) is 0 Å². The van der Waals surface area contributed by atoms with E-state index in [-0.39, 0.29) is 0 Å². The highest BCUT2D eigenvalue weighted by Crippen LogP contribution is 2.28. The number of likely N-dealkylation sites (N-methyl/N-ethyl adjacent to an activating group) is 1. The lowest BCUT2D eigenvalue weighted by atomic mass is 9.84. The summed E-state index contributed by atoms with van der Waals surface area (Å²) in [6, 6.07) is 6.86. The molecule has 0 amide bonds. The van der Waals surface area contributed by atoms with Gasteiger partial charge in [-0.1, -0.05) is 44.4 Å². The molecule has 2 nitrogen and oxygen atoms in total. The lowest BCUT2D eigenvalue weighted by Gasteiger charge is -2.31. The molecule has 1 unspecified atom stereocenters. The van der Waals surface area contributed by atoms with Crippen molar-refractivity contribution in [1.82, 2.24) is 5.32 Å². The van der Waals surface area contributed by atoms with Gasteiger partial charge in [0.1, 0.15) is 12.4 Å².